The number of aryl methyl sites for hydroxylation is 2. The van der Waals surface area contributed by atoms with Crippen LogP contribution in [0.4, 0.5) is 11.4 Å². The molecule has 3 N–H and O–H groups in total. The molecule has 0 saturated heterocycles. The van der Waals surface area contributed by atoms with E-state index in [-0.39, 0.29) is 0 Å². The summed E-state index contributed by atoms with van der Waals surface area (Å²) in [5.41, 5.74) is 10.5. The Morgan fingerprint density at radius 3 is 2.71 bits per heavy atom. The standard InChI is InChI=1S/C13H16N4/c1-9-3-4-11(14)5-13(9)17-8-12-7-15-10(2)6-16-12/h3-7,17H,8,14H2,1-2H3. The molecule has 0 fully saturated rings. The molecule has 0 radical (unpaired) electrons. The van der Waals surface area contributed by atoms with Crippen molar-refractivity contribution in [3.05, 3.63) is 47.5 Å². The van der Waals surface area contributed by atoms with Crippen LogP contribution in [-0.4, -0.2) is 9.97 Å². The fourth-order valence-electron chi connectivity index (χ4n) is 1.53. The van der Waals surface area contributed by atoms with Gasteiger partial charge < -0.3 is 11.1 Å². The predicted molar refractivity (Wildman–Crippen MR) is 69.7 cm³/mol. The number of nitrogens with two attached hydrogens (primary N) is 1. The molecule has 88 valence electrons. The molecule has 0 atom stereocenters. The second-order valence-electron chi connectivity index (χ2n) is 4.08. The van der Waals surface area contributed by atoms with Crippen LogP contribution in [0.2, 0.25) is 0 Å². The van der Waals surface area contributed by atoms with Crippen molar-refractivity contribution in [1.82, 2.24) is 9.97 Å². The van der Waals surface area contributed by atoms with Crippen LogP contribution in [0.3, 0.4) is 0 Å². The molecule has 0 bridgehead atoms. The summed E-state index contributed by atoms with van der Waals surface area (Å²) in [5, 5.41) is 3.31. The highest BCUT2D eigenvalue weighted by molar-refractivity contribution is 5.59. The number of hydrogen-bond donors (Lipinski definition) is 2. The molecule has 1 aromatic carbocycles. The molecule has 0 spiro atoms. The van der Waals surface area contributed by atoms with E-state index in [0.29, 0.717) is 6.54 Å². The van der Waals surface area contributed by atoms with Crippen molar-refractivity contribution >= 4 is 11.4 Å². The first-order chi connectivity index (χ1) is 8.15. The molecule has 2 rings (SSSR count). The van der Waals surface area contributed by atoms with Crippen LogP contribution >= 0.6 is 0 Å². The quantitative estimate of drug-likeness (QED) is 0.791. The van der Waals surface area contributed by atoms with Crippen LogP contribution in [-0.2, 0) is 6.54 Å². The Balaban J connectivity index is 2.07. The molecule has 4 nitrogen and oxygen atoms in total. The van der Waals surface area contributed by atoms with Crippen molar-refractivity contribution in [3.63, 3.8) is 0 Å². The molecular weight excluding hydrogens is 212 g/mol. The van der Waals surface area contributed by atoms with Gasteiger partial charge in [-0.25, -0.2) is 0 Å². The third-order valence-electron chi connectivity index (χ3n) is 2.56. The Labute approximate surface area is 101 Å². The first-order valence-corrected chi connectivity index (χ1v) is 5.52. The van der Waals surface area contributed by atoms with Gasteiger partial charge in [-0.2, -0.15) is 0 Å². The number of nitrogens with one attached hydrogen (secondary N) is 1. The van der Waals surface area contributed by atoms with Crippen molar-refractivity contribution in [2.45, 2.75) is 20.4 Å². The van der Waals surface area contributed by atoms with Gasteiger partial charge in [-0.1, -0.05) is 6.07 Å². The number of nitrogens with zero attached hydrogens (tertiary/aromatic N) is 2. The summed E-state index contributed by atoms with van der Waals surface area (Å²) in [5.74, 6) is 0. The Morgan fingerprint density at radius 2 is 2.00 bits per heavy atom. The van der Waals surface area contributed by atoms with Gasteiger partial charge in [-0.3, -0.25) is 9.97 Å². The SMILES string of the molecule is Cc1cnc(CNc2cc(N)ccc2C)cn1. The number of rotatable bonds is 3. The lowest BCUT2D eigenvalue weighted by atomic mass is 10.2. The third kappa shape index (κ3) is 2.93. The summed E-state index contributed by atoms with van der Waals surface area (Å²) in [4.78, 5) is 8.49. The summed E-state index contributed by atoms with van der Waals surface area (Å²) < 4.78 is 0. The molecule has 17 heavy (non-hydrogen) atoms. The van der Waals surface area contributed by atoms with E-state index < -0.39 is 0 Å². The minimum Gasteiger partial charge on any atom is -0.399 e. The van der Waals surface area contributed by atoms with Crippen LogP contribution in [0.1, 0.15) is 17.0 Å². The topological polar surface area (TPSA) is 63.8 Å². The second-order valence-corrected chi connectivity index (χ2v) is 4.08. The maximum Gasteiger partial charge on any atom is 0.0777 e. The zero-order valence-corrected chi connectivity index (χ0v) is 10.1. The Bertz CT molecular complexity index is 505. The monoisotopic (exact) mass is 228 g/mol. The van der Waals surface area contributed by atoms with Gasteiger partial charge in [0.2, 0.25) is 0 Å². The molecule has 0 aliphatic rings. The van der Waals surface area contributed by atoms with Crippen LogP contribution in [0.5, 0.6) is 0 Å². The van der Waals surface area contributed by atoms with E-state index in [1.165, 1.54) is 5.56 Å². The van der Waals surface area contributed by atoms with Crippen molar-refractivity contribution < 1.29 is 0 Å². The molecule has 0 saturated carbocycles. The lowest BCUT2D eigenvalue weighted by molar-refractivity contribution is 0.983. The van der Waals surface area contributed by atoms with Gasteiger partial charge in [0.1, 0.15) is 0 Å². The minimum absolute atomic E-state index is 0.650. The molecule has 0 amide bonds. The maximum absolute atomic E-state index is 5.75. The third-order valence-corrected chi connectivity index (χ3v) is 2.56. The highest BCUT2D eigenvalue weighted by atomic mass is 14.9. The summed E-state index contributed by atoms with van der Waals surface area (Å²) in [6.45, 7) is 4.62. The minimum atomic E-state index is 0.650. The van der Waals surface area contributed by atoms with Crippen molar-refractivity contribution in [2.24, 2.45) is 0 Å². The zero-order chi connectivity index (χ0) is 12.3. The van der Waals surface area contributed by atoms with E-state index in [9.17, 15) is 0 Å². The second kappa shape index (κ2) is 4.82. The fraction of sp³-hybridized carbons (Fsp3) is 0.231. The molecule has 1 heterocycles. The van der Waals surface area contributed by atoms with E-state index in [2.05, 4.69) is 15.3 Å². The molecule has 0 aliphatic carbocycles. The van der Waals surface area contributed by atoms with Gasteiger partial charge in [0.05, 0.1) is 24.1 Å². The van der Waals surface area contributed by atoms with Crippen LogP contribution in [0, 0.1) is 13.8 Å². The lowest BCUT2D eigenvalue weighted by Crippen LogP contribution is -2.04. The number of benzene rings is 1. The van der Waals surface area contributed by atoms with E-state index in [4.69, 9.17) is 5.73 Å². The molecule has 0 unspecified atom stereocenters. The highest BCUT2D eigenvalue weighted by Gasteiger charge is 2.00. The van der Waals surface area contributed by atoms with E-state index in [1.54, 1.807) is 12.4 Å². The Kier molecular flexibility index (Phi) is 3.23. The number of aromatic nitrogens is 2. The van der Waals surface area contributed by atoms with E-state index in [1.807, 2.05) is 32.0 Å². The van der Waals surface area contributed by atoms with Crippen molar-refractivity contribution in [1.29, 1.82) is 0 Å². The zero-order valence-electron chi connectivity index (χ0n) is 10.1. The summed E-state index contributed by atoms with van der Waals surface area (Å²) in [6, 6.07) is 5.82. The summed E-state index contributed by atoms with van der Waals surface area (Å²) in [7, 11) is 0. The average molecular weight is 228 g/mol. The average Bonchev–Trinajstić information content (AvgIpc) is 2.32. The molecule has 4 heteroatoms. The number of anilines is 2. The van der Waals surface area contributed by atoms with Crippen molar-refractivity contribution in [2.75, 3.05) is 11.1 Å². The van der Waals surface area contributed by atoms with E-state index >= 15 is 0 Å². The van der Waals surface area contributed by atoms with Crippen molar-refractivity contribution in [3.8, 4) is 0 Å². The van der Waals surface area contributed by atoms with Gasteiger partial charge in [-0.05, 0) is 31.5 Å². The number of hydrogen-bond acceptors (Lipinski definition) is 4. The fourth-order valence-corrected chi connectivity index (χ4v) is 1.53. The van der Waals surface area contributed by atoms with Crippen LogP contribution in [0.15, 0.2) is 30.6 Å². The summed E-state index contributed by atoms with van der Waals surface area (Å²) in [6.07, 6.45) is 3.55. The molecule has 2 aromatic rings. The first-order valence-electron chi connectivity index (χ1n) is 5.52. The highest BCUT2D eigenvalue weighted by Crippen LogP contribution is 2.18. The van der Waals surface area contributed by atoms with Gasteiger partial charge in [0.15, 0.2) is 0 Å². The summed E-state index contributed by atoms with van der Waals surface area (Å²) >= 11 is 0. The van der Waals surface area contributed by atoms with Crippen LogP contribution < -0.4 is 11.1 Å². The number of nitrogen functional groups attached to an aromatic ring is 1. The maximum atomic E-state index is 5.75. The molecular formula is C13H16N4. The smallest absolute Gasteiger partial charge is 0.0777 e. The normalized spacial score (nSPS) is 10.2. The first kappa shape index (κ1) is 11.4. The Morgan fingerprint density at radius 1 is 1.18 bits per heavy atom. The Hall–Kier alpha value is -2.10. The lowest BCUT2D eigenvalue weighted by Gasteiger charge is -2.09. The van der Waals surface area contributed by atoms with Crippen LogP contribution in [0.25, 0.3) is 0 Å². The largest absolute Gasteiger partial charge is 0.399 e. The predicted octanol–water partition coefficient (Wildman–Crippen LogP) is 2.29. The molecule has 0 aliphatic heterocycles. The van der Waals surface area contributed by atoms with Gasteiger partial charge in [0.25, 0.3) is 0 Å². The van der Waals surface area contributed by atoms with E-state index in [0.717, 1.165) is 22.8 Å². The van der Waals surface area contributed by atoms with Gasteiger partial charge in [0, 0.05) is 17.6 Å². The van der Waals surface area contributed by atoms with Gasteiger partial charge >= 0.3 is 0 Å². The van der Waals surface area contributed by atoms with Gasteiger partial charge in [-0.15, -0.1) is 0 Å². The molecule has 1 aromatic heterocycles.